The number of hydrogen-bond acceptors (Lipinski definition) is 4. The topological polar surface area (TPSA) is 33.2 Å². The number of nitrogens with zero attached hydrogens (tertiary/aromatic N) is 2. The Morgan fingerprint density at radius 1 is 1.24 bits per heavy atom. The Balaban J connectivity index is 2.46. The molecule has 0 saturated carbocycles. The average Bonchev–Trinajstić information content (AvgIpc) is 2.86. The summed E-state index contributed by atoms with van der Waals surface area (Å²) in [6.45, 7) is 11.2. The summed E-state index contributed by atoms with van der Waals surface area (Å²) in [6, 6.07) is 8.38. The fourth-order valence-corrected chi connectivity index (χ4v) is 3.38. The average molecular weight is 302 g/mol. The van der Waals surface area contributed by atoms with Crippen LogP contribution in [0.1, 0.15) is 48.6 Å². The molecule has 0 bridgehead atoms. The minimum atomic E-state index is -0.127. The van der Waals surface area contributed by atoms with Crippen LogP contribution in [0.2, 0.25) is 0 Å². The summed E-state index contributed by atoms with van der Waals surface area (Å²) in [5.41, 5.74) is 3.09. The van der Waals surface area contributed by atoms with Crippen LogP contribution in [0.3, 0.4) is 0 Å². The molecule has 0 unspecified atom stereocenters. The first kappa shape index (κ1) is 15.7. The van der Waals surface area contributed by atoms with Gasteiger partial charge in [0.1, 0.15) is 0 Å². The Labute approximate surface area is 130 Å². The van der Waals surface area contributed by atoms with Crippen LogP contribution in [0.25, 0.3) is 0 Å². The summed E-state index contributed by atoms with van der Waals surface area (Å²) in [7, 11) is 0. The van der Waals surface area contributed by atoms with Gasteiger partial charge in [-0.25, -0.2) is 4.98 Å². The van der Waals surface area contributed by atoms with E-state index in [9.17, 15) is 4.79 Å². The summed E-state index contributed by atoms with van der Waals surface area (Å²) in [6.07, 6.45) is 0.921. The number of benzene rings is 1. The van der Waals surface area contributed by atoms with E-state index in [0.717, 1.165) is 34.2 Å². The zero-order chi connectivity index (χ0) is 15.6. The first-order valence-electron chi connectivity index (χ1n) is 7.17. The third-order valence-electron chi connectivity index (χ3n) is 3.35. The highest BCUT2D eigenvalue weighted by atomic mass is 32.1. The number of anilines is 2. The lowest BCUT2D eigenvalue weighted by Crippen LogP contribution is -2.17. The molecule has 0 radical (unpaired) electrons. The Morgan fingerprint density at radius 2 is 1.86 bits per heavy atom. The number of hydrogen-bond donors (Lipinski definition) is 0. The van der Waals surface area contributed by atoms with Crippen molar-refractivity contribution in [2.75, 3.05) is 11.4 Å². The van der Waals surface area contributed by atoms with Gasteiger partial charge in [0.25, 0.3) is 0 Å². The van der Waals surface area contributed by atoms with E-state index < -0.39 is 0 Å². The second kappa shape index (κ2) is 5.98. The van der Waals surface area contributed by atoms with Crippen molar-refractivity contribution in [3.05, 3.63) is 40.4 Å². The lowest BCUT2D eigenvalue weighted by atomic mass is 9.91. The predicted molar refractivity (Wildman–Crippen MR) is 90.1 cm³/mol. The van der Waals surface area contributed by atoms with Gasteiger partial charge in [0.05, 0.1) is 10.6 Å². The van der Waals surface area contributed by atoms with Crippen molar-refractivity contribution >= 4 is 28.4 Å². The zero-order valence-electron chi connectivity index (χ0n) is 13.3. The van der Waals surface area contributed by atoms with E-state index in [1.54, 1.807) is 0 Å². The molecule has 0 aliphatic rings. The molecular formula is C17H22N2OS. The SMILES string of the molecule is CCN(c1ccc(C)cc1)c1nc(C(C)(C)C)c(C=O)s1. The predicted octanol–water partition coefficient (Wildman–Crippen LogP) is 4.72. The monoisotopic (exact) mass is 302 g/mol. The molecule has 1 aromatic carbocycles. The van der Waals surface area contributed by atoms with Crippen molar-refractivity contribution < 1.29 is 4.79 Å². The number of thiazole rings is 1. The summed E-state index contributed by atoms with van der Waals surface area (Å²) >= 11 is 1.46. The van der Waals surface area contributed by atoms with E-state index in [2.05, 4.69) is 63.8 Å². The number of aromatic nitrogens is 1. The molecule has 2 aromatic rings. The van der Waals surface area contributed by atoms with Gasteiger partial charge in [-0.3, -0.25) is 4.79 Å². The summed E-state index contributed by atoms with van der Waals surface area (Å²) in [5, 5.41) is 0.883. The number of aldehydes is 1. The van der Waals surface area contributed by atoms with Crippen LogP contribution in [-0.4, -0.2) is 17.8 Å². The minimum Gasteiger partial charge on any atom is -0.318 e. The second-order valence-corrected chi connectivity index (χ2v) is 7.17. The molecule has 0 spiro atoms. The maximum absolute atomic E-state index is 11.3. The van der Waals surface area contributed by atoms with Crippen molar-refractivity contribution in [2.45, 2.75) is 40.0 Å². The maximum Gasteiger partial charge on any atom is 0.190 e. The Kier molecular flexibility index (Phi) is 4.47. The van der Waals surface area contributed by atoms with Crippen molar-refractivity contribution in [1.82, 2.24) is 4.98 Å². The van der Waals surface area contributed by atoms with Gasteiger partial charge in [-0.1, -0.05) is 49.8 Å². The van der Waals surface area contributed by atoms with Crippen LogP contribution in [0.4, 0.5) is 10.8 Å². The molecule has 0 atom stereocenters. The van der Waals surface area contributed by atoms with E-state index in [-0.39, 0.29) is 5.41 Å². The summed E-state index contributed by atoms with van der Waals surface area (Å²) in [5.74, 6) is 0. The molecule has 1 heterocycles. The molecule has 4 heteroatoms. The van der Waals surface area contributed by atoms with Crippen molar-refractivity contribution in [2.24, 2.45) is 0 Å². The quantitative estimate of drug-likeness (QED) is 0.766. The van der Waals surface area contributed by atoms with E-state index >= 15 is 0 Å². The minimum absolute atomic E-state index is 0.127. The van der Waals surface area contributed by atoms with Gasteiger partial charge < -0.3 is 4.90 Å². The molecule has 2 rings (SSSR count). The van der Waals surface area contributed by atoms with Crippen LogP contribution in [0.15, 0.2) is 24.3 Å². The largest absolute Gasteiger partial charge is 0.318 e. The molecule has 21 heavy (non-hydrogen) atoms. The lowest BCUT2D eigenvalue weighted by molar-refractivity contribution is 0.112. The number of carbonyl (C=O) groups excluding carboxylic acids is 1. The number of rotatable bonds is 4. The second-order valence-electron chi connectivity index (χ2n) is 6.16. The lowest BCUT2D eigenvalue weighted by Gasteiger charge is -2.20. The van der Waals surface area contributed by atoms with Gasteiger partial charge in [0.15, 0.2) is 11.4 Å². The molecule has 0 fully saturated rings. The summed E-state index contributed by atoms with van der Waals surface area (Å²) < 4.78 is 0. The first-order valence-corrected chi connectivity index (χ1v) is 7.99. The van der Waals surface area contributed by atoms with Crippen molar-refractivity contribution in [3.63, 3.8) is 0 Å². The van der Waals surface area contributed by atoms with Crippen LogP contribution in [0.5, 0.6) is 0 Å². The number of carbonyl (C=O) groups is 1. The Hall–Kier alpha value is -1.68. The highest BCUT2D eigenvalue weighted by Crippen LogP contribution is 2.35. The normalized spacial score (nSPS) is 11.5. The van der Waals surface area contributed by atoms with Crippen molar-refractivity contribution in [3.8, 4) is 0 Å². The van der Waals surface area contributed by atoms with Crippen molar-refractivity contribution in [1.29, 1.82) is 0 Å². The van der Waals surface area contributed by atoms with Gasteiger partial charge in [0, 0.05) is 17.6 Å². The fourth-order valence-electron chi connectivity index (χ4n) is 2.21. The van der Waals surface area contributed by atoms with Gasteiger partial charge in [-0.05, 0) is 26.0 Å². The van der Waals surface area contributed by atoms with Crippen LogP contribution in [0, 0.1) is 6.92 Å². The first-order chi connectivity index (χ1) is 9.86. The Morgan fingerprint density at radius 3 is 2.29 bits per heavy atom. The molecule has 112 valence electrons. The van der Waals surface area contributed by atoms with E-state index in [1.165, 1.54) is 16.9 Å². The van der Waals surface area contributed by atoms with E-state index in [0.29, 0.717) is 0 Å². The molecule has 0 aliphatic carbocycles. The third-order valence-corrected chi connectivity index (χ3v) is 4.36. The van der Waals surface area contributed by atoms with E-state index in [1.807, 2.05) is 0 Å². The molecule has 0 N–H and O–H groups in total. The smallest absolute Gasteiger partial charge is 0.190 e. The molecule has 1 aromatic heterocycles. The third kappa shape index (κ3) is 3.32. The van der Waals surface area contributed by atoms with Crippen LogP contribution < -0.4 is 4.90 Å². The fraction of sp³-hybridized carbons (Fsp3) is 0.412. The van der Waals surface area contributed by atoms with Gasteiger partial charge in [-0.15, -0.1) is 0 Å². The Bertz CT molecular complexity index is 623. The molecule has 0 amide bonds. The molecular weight excluding hydrogens is 280 g/mol. The van der Waals surface area contributed by atoms with Gasteiger partial charge >= 0.3 is 0 Å². The molecule has 0 aliphatic heterocycles. The highest BCUT2D eigenvalue weighted by molar-refractivity contribution is 7.17. The van der Waals surface area contributed by atoms with Gasteiger partial charge in [-0.2, -0.15) is 0 Å². The zero-order valence-corrected chi connectivity index (χ0v) is 14.1. The van der Waals surface area contributed by atoms with Crippen LogP contribution in [-0.2, 0) is 5.41 Å². The number of aryl methyl sites for hydroxylation is 1. The molecule has 0 saturated heterocycles. The molecule has 3 nitrogen and oxygen atoms in total. The summed E-state index contributed by atoms with van der Waals surface area (Å²) in [4.78, 5) is 18.9. The van der Waals surface area contributed by atoms with Crippen LogP contribution >= 0.6 is 11.3 Å². The highest BCUT2D eigenvalue weighted by Gasteiger charge is 2.25. The standard InChI is InChI=1S/C17H22N2OS/c1-6-19(13-9-7-12(2)8-10-13)16-18-15(17(3,4)5)14(11-20)21-16/h7-11H,6H2,1-5H3. The maximum atomic E-state index is 11.3. The van der Waals surface area contributed by atoms with E-state index in [4.69, 9.17) is 4.98 Å². The van der Waals surface area contributed by atoms with Gasteiger partial charge in [0.2, 0.25) is 0 Å².